The minimum Gasteiger partial charge on any atom is -0.469 e. The first-order chi connectivity index (χ1) is 4.84. The highest BCUT2D eigenvalue weighted by Crippen LogP contribution is 2.11. The molecule has 1 aromatic heterocycles. The molecule has 1 rings (SSSR count). The summed E-state index contributed by atoms with van der Waals surface area (Å²) < 4.78 is 5.15. The molecule has 0 aliphatic heterocycles. The molecular weight excluding hydrogens is 192 g/mol. The second kappa shape index (κ2) is 3.81. The zero-order valence-corrected chi connectivity index (χ0v) is 7.65. The van der Waals surface area contributed by atoms with Crippen molar-refractivity contribution >= 4 is 15.9 Å². The highest BCUT2D eigenvalue weighted by Gasteiger charge is 1.98. The van der Waals surface area contributed by atoms with Crippen LogP contribution in [0, 0.1) is 6.92 Å². The zero-order chi connectivity index (χ0) is 7.40. The molecule has 0 aromatic carbocycles. The van der Waals surface area contributed by atoms with Gasteiger partial charge in [0, 0.05) is 5.33 Å². The predicted octanol–water partition coefficient (Wildman–Crippen LogP) is 2.92. The SMILES string of the molecule is Cc1occc1CCCBr. The monoisotopic (exact) mass is 202 g/mol. The van der Waals surface area contributed by atoms with Crippen molar-refractivity contribution in [3.8, 4) is 0 Å². The fourth-order valence-corrected chi connectivity index (χ4v) is 1.21. The van der Waals surface area contributed by atoms with Gasteiger partial charge in [-0.25, -0.2) is 0 Å². The van der Waals surface area contributed by atoms with Crippen LogP contribution < -0.4 is 0 Å². The molecule has 0 unspecified atom stereocenters. The summed E-state index contributed by atoms with van der Waals surface area (Å²) in [6, 6.07) is 2.04. The van der Waals surface area contributed by atoms with Crippen molar-refractivity contribution in [2.24, 2.45) is 0 Å². The fourth-order valence-electron chi connectivity index (χ4n) is 0.928. The van der Waals surface area contributed by atoms with Gasteiger partial charge in [-0.3, -0.25) is 0 Å². The summed E-state index contributed by atoms with van der Waals surface area (Å²) in [7, 11) is 0. The van der Waals surface area contributed by atoms with Crippen molar-refractivity contribution in [2.75, 3.05) is 5.33 Å². The lowest BCUT2D eigenvalue weighted by Gasteiger charge is -1.93. The maximum Gasteiger partial charge on any atom is 0.103 e. The molecule has 1 aromatic rings. The van der Waals surface area contributed by atoms with Gasteiger partial charge in [-0.1, -0.05) is 15.9 Å². The van der Waals surface area contributed by atoms with Gasteiger partial charge in [-0.15, -0.1) is 0 Å². The largest absolute Gasteiger partial charge is 0.469 e. The molecule has 10 heavy (non-hydrogen) atoms. The van der Waals surface area contributed by atoms with E-state index in [2.05, 4.69) is 15.9 Å². The van der Waals surface area contributed by atoms with Crippen LogP contribution in [0.1, 0.15) is 17.7 Å². The molecule has 0 aliphatic rings. The minimum absolute atomic E-state index is 1.06. The lowest BCUT2D eigenvalue weighted by atomic mass is 10.1. The lowest BCUT2D eigenvalue weighted by Crippen LogP contribution is -1.84. The number of hydrogen-bond acceptors (Lipinski definition) is 1. The third-order valence-corrected chi connectivity index (χ3v) is 2.11. The van der Waals surface area contributed by atoms with Gasteiger partial charge in [0.25, 0.3) is 0 Å². The molecule has 0 atom stereocenters. The first-order valence-corrected chi connectivity index (χ1v) is 4.55. The molecule has 0 spiro atoms. The van der Waals surface area contributed by atoms with E-state index in [1.807, 2.05) is 13.0 Å². The van der Waals surface area contributed by atoms with Crippen LogP contribution in [0.5, 0.6) is 0 Å². The lowest BCUT2D eigenvalue weighted by molar-refractivity contribution is 0.529. The molecule has 0 fully saturated rings. The van der Waals surface area contributed by atoms with Crippen molar-refractivity contribution in [3.63, 3.8) is 0 Å². The quantitative estimate of drug-likeness (QED) is 0.688. The van der Waals surface area contributed by atoms with Crippen LogP contribution in [0.4, 0.5) is 0 Å². The Balaban J connectivity index is 2.49. The standard InChI is InChI=1S/C8H11BrO/c1-7-8(3-2-5-9)4-6-10-7/h4,6H,2-3,5H2,1H3. The molecule has 0 bridgehead atoms. The number of halogens is 1. The van der Waals surface area contributed by atoms with Gasteiger partial charge in [-0.2, -0.15) is 0 Å². The molecular formula is C8H11BrO. The Morgan fingerprint density at radius 3 is 2.90 bits per heavy atom. The fraction of sp³-hybridized carbons (Fsp3) is 0.500. The van der Waals surface area contributed by atoms with Gasteiger partial charge in [0.15, 0.2) is 0 Å². The van der Waals surface area contributed by atoms with Crippen molar-refractivity contribution in [3.05, 3.63) is 23.7 Å². The highest BCUT2D eigenvalue weighted by molar-refractivity contribution is 9.09. The third kappa shape index (κ3) is 1.87. The number of hydrogen-bond donors (Lipinski definition) is 0. The summed E-state index contributed by atoms with van der Waals surface area (Å²) in [5.74, 6) is 1.06. The number of alkyl halides is 1. The molecule has 0 saturated heterocycles. The molecule has 1 heterocycles. The van der Waals surface area contributed by atoms with Crippen LogP contribution in [0.25, 0.3) is 0 Å². The van der Waals surface area contributed by atoms with Crippen molar-refractivity contribution in [1.29, 1.82) is 0 Å². The van der Waals surface area contributed by atoms with Crippen LogP contribution in [0.3, 0.4) is 0 Å². The first-order valence-electron chi connectivity index (χ1n) is 3.43. The summed E-state index contributed by atoms with van der Waals surface area (Å²) in [6.07, 6.45) is 4.05. The molecule has 2 heteroatoms. The average Bonchev–Trinajstić information content (AvgIpc) is 2.31. The summed E-state index contributed by atoms with van der Waals surface area (Å²) in [5, 5.41) is 1.07. The number of rotatable bonds is 3. The topological polar surface area (TPSA) is 13.1 Å². The van der Waals surface area contributed by atoms with Gasteiger partial charge in [0.1, 0.15) is 5.76 Å². The maximum atomic E-state index is 5.15. The van der Waals surface area contributed by atoms with Gasteiger partial charge in [0.2, 0.25) is 0 Å². The van der Waals surface area contributed by atoms with E-state index >= 15 is 0 Å². The number of aryl methyl sites for hydroxylation is 2. The normalized spacial score (nSPS) is 10.2. The van der Waals surface area contributed by atoms with E-state index < -0.39 is 0 Å². The van der Waals surface area contributed by atoms with E-state index in [1.54, 1.807) is 6.26 Å². The second-order valence-electron chi connectivity index (χ2n) is 2.29. The van der Waals surface area contributed by atoms with Crippen LogP contribution >= 0.6 is 15.9 Å². The maximum absolute atomic E-state index is 5.15. The summed E-state index contributed by atoms with van der Waals surface area (Å²) in [4.78, 5) is 0. The smallest absolute Gasteiger partial charge is 0.103 e. The molecule has 0 aliphatic carbocycles. The molecule has 0 radical (unpaired) electrons. The Bertz CT molecular complexity index is 193. The van der Waals surface area contributed by atoms with Crippen LogP contribution in [-0.4, -0.2) is 5.33 Å². The van der Waals surface area contributed by atoms with Gasteiger partial charge in [-0.05, 0) is 31.4 Å². The van der Waals surface area contributed by atoms with Gasteiger partial charge in [0.05, 0.1) is 6.26 Å². The zero-order valence-electron chi connectivity index (χ0n) is 6.06. The minimum atomic E-state index is 1.06. The first kappa shape index (κ1) is 7.86. The molecule has 56 valence electrons. The van der Waals surface area contributed by atoms with Gasteiger partial charge < -0.3 is 4.42 Å². The van der Waals surface area contributed by atoms with E-state index in [0.29, 0.717) is 0 Å². The van der Waals surface area contributed by atoms with E-state index in [0.717, 1.165) is 17.5 Å². The van der Waals surface area contributed by atoms with E-state index in [9.17, 15) is 0 Å². The Kier molecular flexibility index (Phi) is 3.00. The molecule has 0 N–H and O–H groups in total. The predicted molar refractivity (Wildman–Crippen MR) is 45.6 cm³/mol. The Hall–Kier alpha value is -0.240. The van der Waals surface area contributed by atoms with Crippen LogP contribution in [-0.2, 0) is 6.42 Å². The van der Waals surface area contributed by atoms with Gasteiger partial charge >= 0.3 is 0 Å². The third-order valence-electron chi connectivity index (χ3n) is 1.55. The number of furan rings is 1. The Morgan fingerprint density at radius 2 is 2.40 bits per heavy atom. The van der Waals surface area contributed by atoms with E-state index in [-0.39, 0.29) is 0 Å². The summed E-state index contributed by atoms with van der Waals surface area (Å²) in [6.45, 7) is 2.00. The second-order valence-corrected chi connectivity index (χ2v) is 3.09. The molecule has 0 amide bonds. The van der Waals surface area contributed by atoms with Crippen molar-refractivity contribution < 1.29 is 4.42 Å². The van der Waals surface area contributed by atoms with E-state index in [1.165, 1.54) is 12.0 Å². The average molecular weight is 203 g/mol. The highest BCUT2D eigenvalue weighted by atomic mass is 79.9. The van der Waals surface area contributed by atoms with Crippen LogP contribution in [0.2, 0.25) is 0 Å². The summed E-state index contributed by atoms with van der Waals surface area (Å²) in [5.41, 5.74) is 1.33. The van der Waals surface area contributed by atoms with Crippen LogP contribution in [0.15, 0.2) is 16.7 Å². The molecule has 0 saturated carbocycles. The molecule has 1 nitrogen and oxygen atoms in total. The van der Waals surface area contributed by atoms with Crippen molar-refractivity contribution in [2.45, 2.75) is 19.8 Å². The Morgan fingerprint density at radius 1 is 1.60 bits per heavy atom. The van der Waals surface area contributed by atoms with E-state index in [4.69, 9.17) is 4.42 Å². The Labute approximate surface area is 69.6 Å². The summed E-state index contributed by atoms with van der Waals surface area (Å²) >= 11 is 3.39. The van der Waals surface area contributed by atoms with Crippen molar-refractivity contribution in [1.82, 2.24) is 0 Å².